The van der Waals surface area contributed by atoms with Gasteiger partial charge < -0.3 is 19.6 Å². The number of ether oxygens (including phenoxy) is 1. The van der Waals surface area contributed by atoms with Crippen LogP contribution >= 0.6 is 0 Å². The summed E-state index contributed by atoms with van der Waals surface area (Å²) in [6.45, 7) is 0.238. The van der Waals surface area contributed by atoms with E-state index < -0.39 is 6.09 Å². The summed E-state index contributed by atoms with van der Waals surface area (Å²) in [5.41, 5.74) is 10.1. The molecule has 10 nitrogen and oxygen atoms in total. The molecule has 2 heterocycles. The maximum atomic E-state index is 12.0. The molecule has 202 valence electrons. The van der Waals surface area contributed by atoms with Gasteiger partial charge >= 0.3 is 6.09 Å². The first-order valence-corrected chi connectivity index (χ1v) is 13.4. The molecule has 0 saturated heterocycles. The zero-order chi connectivity index (χ0) is 27.3. The zero-order valence-corrected chi connectivity index (χ0v) is 21.9. The third-order valence-corrected chi connectivity index (χ3v) is 6.75. The second-order valence-corrected chi connectivity index (χ2v) is 9.98. The summed E-state index contributed by atoms with van der Waals surface area (Å²) in [5, 5.41) is 19.1. The minimum Gasteiger partial charge on any atom is -0.444 e. The number of carbonyl (C=O) groups is 1. The van der Waals surface area contributed by atoms with E-state index >= 15 is 0 Å². The van der Waals surface area contributed by atoms with Crippen LogP contribution in [0.3, 0.4) is 0 Å². The van der Waals surface area contributed by atoms with Crippen LogP contribution < -0.4 is 11.1 Å². The maximum absolute atomic E-state index is 12.0. The lowest BCUT2D eigenvalue weighted by atomic mass is 10.2. The number of nitrogen functional groups attached to an aromatic ring is 1. The number of rotatable bonds is 7. The van der Waals surface area contributed by atoms with E-state index in [2.05, 4.69) is 34.8 Å². The quantitative estimate of drug-likeness (QED) is 0.249. The predicted octanol–water partition coefficient (Wildman–Crippen LogP) is 5.89. The van der Waals surface area contributed by atoms with Crippen LogP contribution in [0.5, 0.6) is 0 Å². The van der Waals surface area contributed by atoms with Crippen LogP contribution in [-0.2, 0) is 11.3 Å². The van der Waals surface area contributed by atoms with Crippen molar-refractivity contribution in [2.75, 3.05) is 11.1 Å². The second-order valence-electron chi connectivity index (χ2n) is 9.98. The van der Waals surface area contributed by atoms with Gasteiger partial charge in [0, 0.05) is 34.6 Å². The van der Waals surface area contributed by atoms with Gasteiger partial charge in [-0.3, -0.25) is 5.32 Å². The van der Waals surface area contributed by atoms with Crippen molar-refractivity contribution in [3.8, 4) is 22.8 Å². The molecule has 0 aliphatic heterocycles. The van der Waals surface area contributed by atoms with Crippen molar-refractivity contribution in [3.05, 3.63) is 97.1 Å². The Morgan fingerprint density at radius 1 is 0.800 bits per heavy atom. The van der Waals surface area contributed by atoms with Gasteiger partial charge in [-0.2, -0.15) is 0 Å². The molecule has 0 spiro atoms. The van der Waals surface area contributed by atoms with Gasteiger partial charge in [-0.05, 0) is 55.5 Å². The van der Waals surface area contributed by atoms with Crippen LogP contribution in [0.2, 0.25) is 0 Å². The van der Waals surface area contributed by atoms with E-state index in [0.717, 1.165) is 46.9 Å². The van der Waals surface area contributed by atoms with E-state index in [1.807, 2.05) is 78.9 Å². The van der Waals surface area contributed by atoms with E-state index in [1.54, 1.807) is 12.7 Å². The van der Waals surface area contributed by atoms with Gasteiger partial charge in [-0.15, -0.1) is 20.4 Å². The molecule has 3 aromatic carbocycles. The third kappa shape index (κ3) is 6.17. The monoisotopic (exact) mass is 534 g/mol. The Labute approximate surface area is 231 Å². The fourth-order valence-corrected chi connectivity index (χ4v) is 4.43. The van der Waals surface area contributed by atoms with Crippen molar-refractivity contribution in [1.82, 2.24) is 29.5 Å². The Kier molecular flexibility index (Phi) is 7.21. The molecule has 2 aliphatic rings. The molecule has 0 unspecified atom stereocenters. The number of benzene rings is 3. The van der Waals surface area contributed by atoms with Crippen molar-refractivity contribution >= 4 is 17.5 Å². The highest BCUT2D eigenvalue weighted by molar-refractivity contribution is 5.85. The van der Waals surface area contributed by atoms with Gasteiger partial charge in [0.2, 0.25) is 0 Å². The lowest BCUT2D eigenvalue weighted by Gasteiger charge is -2.09. The second kappa shape index (κ2) is 11.4. The molecule has 0 atom stereocenters. The molecule has 5 aromatic rings. The Morgan fingerprint density at radius 3 is 2.00 bits per heavy atom. The van der Waals surface area contributed by atoms with Crippen LogP contribution in [0, 0.1) is 0 Å². The number of anilines is 2. The molecule has 2 saturated carbocycles. The molecule has 2 aromatic heterocycles. The number of hydrogen-bond acceptors (Lipinski definition) is 7. The molecule has 40 heavy (non-hydrogen) atoms. The number of nitrogens with two attached hydrogens (primary N) is 1. The van der Waals surface area contributed by atoms with Crippen LogP contribution in [0.15, 0.2) is 91.5 Å². The van der Waals surface area contributed by atoms with E-state index in [4.69, 9.17) is 10.5 Å². The van der Waals surface area contributed by atoms with Crippen LogP contribution in [0.1, 0.15) is 43.3 Å². The number of nitrogens with zero attached hydrogens (tertiary/aromatic N) is 6. The first-order chi connectivity index (χ1) is 19.6. The molecule has 2 fully saturated rings. The van der Waals surface area contributed by atoms with Gasteiger partial charge in [-0.1, -0.05) is 54.6 Å². The highest BCUT2D eigenvalue weighted by Gasteiger charge is 2.27. The van der Waals surface area contributed by atoms with Gasteiger partial charge in [0.15, 0.2) is 11.6 Å². The van der Waals surface area contributed by atoms with Crippen LogP contribution in [0.4, 0.5) is 16.2 Å². The molecule has 7 rings (SSSR count). The van der Waals surface area contributed by atoms with Crippen LogP contribution in [-0.4, -0.2) is 35.6 Å². The van der Waals surface area contributed by atoms with Crippen molar-refractivity contribution in [2.45, 2.75) is 44.4 Å². The SMILES string of the molecule is Nc1cccc(-c2nncn2C2CC2)c1.O=C(Nc1cccc(-c2nncn2C2CC2)c1)OCc1ccccc1. The molecular formula is C30H30N8O2. The standard InChI is InChI=1S/C19H18N4O2.C11H12N4/c24-19(25-12-14-5-2-1-3-6-14)21-16-8-4-7-15(11-16)18-22-20-13-23(18)17-9-10-17;12-9-3-1-2-8(6-9)11-14-13-7-15(11)10-4-5-10/h1-8,11,13,17H,9-10,12H2,(H,21,24);1-3,6-7,10H,4-5,12H2. The Morgan fingerprint density at radius 2 is 1.40 bits per heavy atom. The fourth-order valence-electron chi connectivity index (χ4n) is 4.43. The third-order valence-electron chi connectivity index (χ3n) is 6.75. The van der Waals surface area contributed by atoms with E-state index in [-0.39, 0.29) is 6.61 Å². The maximum Gasteiger partial charge on any atom is 0.411 e. The first kappa shape index (κ1) is 25.3. The summed E-state index contributed by atoms with van der Waals surface area (Å²) in [6.07, 6.45) is 7.87. The summed E-state index contributed by atoms with van der Waals surface area (Å²) >= 11 is 0. The van der Waals surface area contributed by atoms with E-state index in [1.165, 1.54) is 12.8 Å². The molecule has 0 bridgehead atoms. The molecule has 3 N–H and O–H groups in total. The van der Waals surface area contributed by atoms with Gasteiger partial charge in [0.05, 0.1) is 0 Å². The van der Waals surface area contributed by atoms with Crippen molar-refractivity contribution < 1.29 is 9.53 Å². The summed E-state index contributed by atoms with van der Waals surface area (Å²) in [5.74, 6) is 1.74. The van der Waals surface area contributed by atoms with Gasteiger partial charge in [-0.25, -0.2) is 4.79 Å². The summed E-state index contributed by atoms with van der Waals surface area (Å²) in [6, 6.07) is 26.0. The highest BCUT2D eigenvalue weighted by Crippen LogP contribution is 2.38. The Bertz CT molecular complexity index is 1590. The molecule has 1 amide bonds. The zero-order valence-electron chi connectivity index (χ0n) is 21.9. The minimum atomic E-state index is -0.482. The van der Waals surface area contributed by atoms with Crippen molar-refractivity contribution in [1.29, 1.82) is 0 Å². The number of aromatic nitrogens is 6. The fraction of sp³-hybridized carbons (Fsp3) is 0.233. The number of nitrogens with one attached hydrogen (secondary N) is 1. The highest BCUT2D eigenvalue weighted by atomic mass is 16.5. The molecular weight excluding hydrogens is 504 g/mol. The summed E-state index contributed by atoms with van der Waals surface area (Å²) < 4.78 is 9.48. The smallest absolute Gasteiger partial charge is 0.411 e. The summed E-state index contributed by atoms with van der Waals surface area (Å²) in [4.78, 5) is 12.0. The topological polar surface area (TPSA) is 126 Å². The Hall–Kier alpha value is -4.99. The predicted molar refractivity (Wildman–Crippen MR) is 152 cm³/mol. The van der Waals surface area contributed by atoms with Crippen molar-refractivity contribution in [3.63, 3.8) is 0 Å². The average molecular weight is 535 g/mol. The largest absolute Gasteiger partial charge is 0.444 e. The lowest BCUT2D eigenvalue weighted by molar-refractivity contribution is 0.155. The minimum absolute atomic E-state index is 0.238. The Balaban J connectivity index is 0.000000164. The number of hydrogen-bond donors (Lipinski definition) is 2. The van der Waals surface area contributed by atoms with Crippen molar-refractivity contribution in [2.24, 2.45) is 0 Å². The molecule has 2 aliphatic carbocycles. The molecule has 10 heteroatoms. The normalized spacial score (nSPS) is 14.2. The number of carbonyl (C=O) groups excluding carboxylic acids is 1. The average Bonchev–Trinajstić information content (AvgIpc) is 3.91. The van der Waals surface area contributed by atoms with Gasteiger partial charge in [0.1, 0.15) is 19.3 Å². The number of amides is 1. The molecule has 0 radical (unpaired) electrons. The van der Waals surface area contributed by atoms with E-state index in [0.29, 0.717) is 17.8 Å². The summed E-state index contributed by atoms with van der Waals surface area (Å²) in [7, 11) is 0. The van der Waals surface area contributed by atoms with Crippen LogP contribution in [0.25, 0.3) is 22.8 Å². The lowest BCUT2D eigenvalue weighted by Crippen LogP contribution is -2.13. The first-order valence-electron chi connectivity index (χ1n) is 13.4. The van der Waals surface area contributed by atoms with E-state index in [9.17, 15) is 4.79 Å². The van der Waals surface area contributed by atoms with Gasteiger partial charge in [0.25, 0.3) is 0 Å².